The van der Waals surface area contributed by atoms with Crippen LogP contribution in [0.1, 0.15) is 146 Å². The molecule has 2 saturated heterocycles. The van der Waals surface area contributed by atoms with Crippen LogP contribution in [0.4, 0.5) is 0 Å². The highest BCUT2D eigenvalue weighted by molar-refractivity contribution is 5.90. The van der Waals surface area contributed by atoms with Crippen LogP contribution in [0, 0.1) is 46.3 Å². The topological polar surface area (TPSA) is 164 Å². The number of aromatic hydroxyl groups is 1. The zero-order valence-corrected chi connectivity index (χ0v) is 34.0. The average Bonchev–Trinajstić information content (AvgIpc) is 3.68. The van der Waals surface area contributed by atoms with Crippen LogP contribution in [0.25, 0.3) is 0 Å². The van der Waals surface area contributed by atoms with Gasteiger partial charge < -0.3 is 40.2 Å². The van der Waals surface area contributed by atoms with Gasteiger partial charge in [0, 0.05) is 66.9 Å². The van der Waals surface area contributed by atoms with Crippen molar-refractivity contribution >= 4 is 17.8 Å². The molecule has 10 atom stereocenters. The fourth-order valence-electron chi connectivity index (χ4n) is 13.2. The number of aliphatic hydroxyl groups is 2. The highest BCUT2D eigenvalue weighted by Gasteiger charge is 2.60. The van der Waals surface area contributed by atoms with Crippen LogP contribution >= 0.6 is 0 Å². The number of phenolic OH excluding ortho intramolecular Hbond substituents is 1. The summed E-state index contributed by atoms with van der Waals surface area (Å²) in [4.78, 5) is 41.0. The summed E-state index contributed by atoms with van der Waals surface area (Å²) in [6.07, 6.45) is 10.2. The number of hydrogen-bond acceptors (Lipinski definition) is 10. The van der Waals surface area contributed by atoms with Crippen molar-refractivity contribution in [1.29, 1.82) is 0 Å². The maximum Gasteiger partial charge on any atom is 0.332 e. The van der Waals surface area contributed by atoms with E-state index in [1.807, 2.05) is 6.07 Å². The Morgan fingerprint density at radius 2 is 1.79 bits per heavy atom. The number of carbonyl (C=O) groups excluding carboxylic acids is 3. The van der Waals surface area contributed by atoms with Gasteiger partial charge in [0.1, 0.15) is 17.7 Å². The Bertz CT molecular complexity index is 1740. The Balaban J connectivity index is 1.30. The molecule has 0 aromatic heterocycles. The number of ether oxygens (including phenoxy) is 3. The van der Waals surface area contributed by atoms with Crippen LogP contribution in [-0.2, 0) is 23.9 Å². The summed E-state index contributed by atoms with van der Waals surface area (Å²) in [6, 6.07) is 3.79. The number of piperidine rings is 2. The third-order valence-electron chi connectivity index (χ3n) is 15.7. The van der Waals surface area contributed by atoms with Crippen molar-refractivity contribution in [1.82, 2.24) is 10.6 Å². The van der Waals surface area contributed by atoms with Gasteiger partial charge >= 0.3 is 11.9 Å². The van der Waals surface area contributed by atoms with E-state index in [9.17, 15) is 24.9 Å². The molecule has 5 N–H and O–H groups in total. The van der Waals surface area contributed by atoms with E-state index in [0.717, 1.165) is 56.1 Å². The van der Waals surface area contributed by atoms with Gasteiger partial charge in [-0.15, -0.1) is 5.92 Å². The second-order valence-electron chi connectivity index (χ2n) is 19.0. The lowest BCUT2D eigenvalue weighted by Crippen LogP contribution is -2.65. The van der Waals surface area contributed by atoms with Crippen molar-refractivity contribution in [3.05, 3.63) is 23.3 Å². The van der Waals surface area contributed by atoms with Gasteiger partial charge in [0.2, 0.25) is 5.91 Å². The Morgan fingerprint density at radius 1 is 1.02 bits per heavy atom. The van der Waals surface area contributed by atoms with Crippen molar-refractivity contribution in [3.8, 4) is 23.3 Å². The molecule has 7 aliphatic rings. The molecule has 1 amide bonds. The first-order valence-corrected chi connectivity index (χ1v) is 22.1. The number of benzene rings is 1. The Hall–Kier alpha value is -3.33. The van der Waals surface area contributed by atoms with Gasteiger partial charge in [0.25, 0.3) is 0 Å². The lowest BCUT2D eigenvalue weighted by molar-refractivity contribution is -0.181. The molecule has 8 rings (SSSR count). The summed E-state index contributed by atoms with van der Waals surface area (Å²) in [7, 11) is 0. The average molecular weight is 789 g/mol. The minimum absolute atomic E-state index is 0.00272. The number of nitrogens with one attached hydrogen (secondary N) is 2. The number of aliphatic hydroxyl groups excluding tert-OH is 2. The van der Waals surface area contributed by atoms with E-state index in [0.29, 0.717) is 83.2 Å². The first kappa shape index (κ1) is 40.4. The third-order valence-corrected chi connectivity index (χ3v) is 15.7. The molecular formula is C46H64N2O9. The zero-order valence-electron chi connectivity index (χ0n) is 34.0. The SMILES string of the molecule is CC(=O)O[C@@H]1C[C@@H](C[C@H](C)O)CC#C[C@H]2C[C@H]3c4c(ccc(O)c4OC[C@H]3C3(CO)CCCC3)[C@@H]2C2(CCNCC2)[C@H](OC(=O)[C@@]23CCCC[C@@H]2CCC(=O)N3)C1. The van der Waals surface area contributed by atoms with E-state index >= 15 is 4.79 Å². The monoisotopic (exact) mass is 788 g/mol. The summed E-state index contributed by atoms with van der Waals surface area (Å²) in [5.74, 6) is 6.73. The maximum atomic E-state index is 15.1. The molecule has 4 fully saturated rings. The molecule has 3 aliphatic heterocycles. The lowest BCUT2D eigenvalue weighted by Gasteiger charge is -2.56. The van der Waals surface area contributed by atoms with E-state index in [-0.39, 0.29) is 65.6 Å². The van der Waals surface area contributed by atoms with Crippen LogP contribution in [0.15, 0.2) is 12.1 Å². The minimum atomic E-state index is -1.10. The summed E-state index contributed by atoms with van der Waals surface area (Å²) < 4.78 is 19.8. The van der Waals surface area contributed by atoms with E-state index in [2.05, 4.69) is 22.5 Å². The maximum absolute atomic E-state index is 15.1. The van der Waals surface area contributed by atoms with Crippen LogP contribution in [0.2, 0.25) is 0 Å². The van der Waals surface area contributed by atoms with E-state index in [1.54, 1.807) is 13.0 Å². The quantitative estimate of drug-likeness (QED) is 0.170. The van der Waals surface area contributed by atoms with E-state index in [1.165, 1.54) is 6.92 Å². The van der Waals surface area contributed by atoms with E-state index < -0.39 is 41.2 Å². The van der Waals surface area contributed by atoms with Gasteiger partial charge in [-0.05, 0) is 114 Å². The number of carbonyl (C=O) groups is 3. The highest BCUT2D eigenvalue weighted by atomic mass is 16.6. The molecule has 0 unspecified atom stereocenters. The van der Waals surface area contributed by atoms with Crippen molar-refractivity contribution in [3.63, 3.8) is 0 Å². The third kappa shape index (κ3) is 7.46. The fraction of sp³-hybridized carbons (Fsp3) is 0.761. The minimum Gasteiger partial charge on any atom is -0.504 e. The van der Waals surface area contributed by atoms with Crippen LogP contribution in [0.5, 0.6) is 11.5 Å². The molecule has 2 saturated carbocycles. The van der Waals surface area contributed by atoms with Crippen molar-refractivity contribution < 1.29 is 43.9 Å². The standard InChI is InChI=1S/C46H64N2O9/c1-28(50)22-30-8-7-9-31-24-35-36(44(27-49)15-5-6-16-44)26-55-42-37(52)13-12-34(40(35)42)41(31)45(18-20-47-21-19-45)38(25-33(23-30)56-29(2)51)57-43(54)46-17-4-3-10-32(46)11-14-39(53)48-46/h12-13,28,30-33,35-36,38,41,47,49-50,52H,3-6,8,10-11,14-27H2,1-2H3,(H,48,53)/t28-,30+,31-,32+,33+,35+,36+,38+,41+,46+/m0/s1. The smallest absolute Gasteiger partial charge is 0.332 e. The van der Waals surface area contributed by atoms with Crippen LogP contribution in [0.3, 0.4) is 0 Å². The van der Waals surface area contributed by atoms with Crippen LogP contribution in [-0.4, -0.2) is 83.3 Å². The van der Waals surface area contributed by atoms with Crippen molar-refractivity contribution in [2.24, 2.45) is 34.5 Å². The van der Waals surface area contributed by atoms with Gasteiger partial charge in [0.15, 0.2) is 11.5 Å². The lowest BCUT2D eigenvalue weighted by atomic mass is 9.51. The molecule has 1 spiro atoms. The first-order chi connectivity index (χ1) is 27.5. The normalized spacial score (nSPS) is 36.0. The zero-order chi connectivity index (χ0) is 40.0. The summed E-state index contributed by atoms with van der Waals surface area (Å²) >= 11 is 0. The number of esters is 2. The Kier molecular flexibility index (Phi) is 11.6. The number of hydrogen-bond donors (Lipinski definition) is 5. The predicted octanol–water partition coefficient (Wildman–Crippen LogP) is 5.77. The first-order valence-electron chi connectivity index (χ1n) is 22.1. The second kappa shape index (κ2) is 16.4. The number of amides is 1. The molecule has 1 aromatic carbocycles. The number of rotatable bonds is 7. The van der Waals surface area contributed by atoms with Gasteiger partial charge in [-0.3, -0.25) is 9.59 Å². The largest absolute Gasteiger partial charge is 0.504 e. The molecule has 1 aromatic rings. The molecular weight excluding hydrogens is 725 g/mol. The number of fused-ring (bicyclic) bond motifs is 4. The highest BCUT2D eigenvalue weighted by Crippen LogP contribution is 2.64. The second-order valence-corrected chi connectivity index (χ2v) is 19.0. The molecule has 11 heteroatoms. The van der Waals surface area contributed by atoms with Crippen molar-refractivity contribution in [2.75, 3.05) is 26.3 Å². The predicted molar refractivity (Wildman–Crippen MR) is 212 cm³/mol. The summed E-state index contributed by atoms with van der Waals surface area (Å²) in [6.45, 7) is 5.08. The van der Waals surface area contributed by atoms with Gasteiger partial charge in [-0.1, -0.05) is 37.7 Å². The molecule has 57 heavy (non-hydrogen) atoms. The molecule has 11 nitrogen and oxygen atoms in total. The van der Waals surface area contributed by atoms with E-state index in [4.69, 9.17) is 14.2 Å². The van der Waals surface area contributed by atoms with Gasteiger partial charge in [-0.25, -0.2) is 4.79 Å². The van der Waals surface area contributed by atoms with Gasteiger partial charge in [0.05, 0.1) is 12.7 Å². The molecule has 312 valence electrons. The molecule has 0 bridgehead atoms. The fourth-order valence-corrected chi connectivity index (χ4v) is 13.2. The Labute approximate surface area is 337 Å². The summed E-state index contributed by atoms with van der Waals surface area (Å²) in [5.41, 5.74) is 0.0205. The molecule has 3 heterocycles. The number of phenols is 1. The molecule has 4 aliphatic carbocycles. The van der Waals surface area contributed by atoms with Gasteiger partial charge in [-0.2, -0.15) is 0 Å². The van der Waals surface area contributed by atoms with Crippen molar-refractivity contribution in [2.45, 2.75) is 159 Å². The summed E-state index contributed by atoms with van der Waals surface area (Å²) in [5, 5.41) is 39.8. The van der Waals surface area contributed by atoms with Crippen LogP contribution < -0.4 is 15.4 Å². The Morgan fingerprint density at radius 3 is 2.53 bits per heavy atom. The molecule has 0 radical (unpaired) electrons.